The molecular formula is C20H18ClN3O3S2. The summed E-state index contributed by atoms with van der Waals surface area (Å²) in [5.41, 5.74) is 3.50. The van der Waals surface area contributed by atoms with Gasteiger partial charge < -0.3 is 0 Å². The number of hydrogen-bond acceptors (Lipinski definition) is 5. The molecule has 0 aliphatic rings. The molecule has 3 aromatic rings. The van der Waals surface area contributed by atoms with Crippen molar-refractivity contribution in [2.75, 3.05) is 10.8 Å². The van der Waals surface area contributed by atoms with Crippen LogP contribution in [0.5, 0.6) is 0 Å². The Balaban J connectivity index is 1.88. The monoisotopic (exact) mass is 447 g/mol. The number of carbonyl (C=O) groups excluding carboxylic acids is 1. The van der Waals surface area contributed by atoms with E-state index in [4.69, 9.17) is 11.6 Å². The largest absolute Gasteiger partial charge is 0.271 e. The van der Waals surface area contributed by atoms with Gasteiger partial charge in [0.15, 0.2) is 0 Å². The van der Waals surface area contributed by atoms with Crippen LogP contribution < -0.4 is 9.73 Å². The van der Waals surface area contributed by atoms with E-state index in [0.717, 1.165) is 14.7 Å². The number of carbonyl (C=O) groups is 1. The SMILES string of the molecule is Cc1ccc(S(=O)(=O)N(CC(=O)N/N=C\c2cccs2)c2ccccc2Cl)cc1. The van der Waals surface area contributed by atoms with Gasteiger partial charge in [-0.2, -0.15) is 5.10 Å². The smallest absolute Gasteiger partial charge is 0.264 e. The molecule has 1 aromatic heterocycles. The third kappa shape index (κ3) is 5.23. The number of aryl methyl sites for hydroxylation is 1. The minimum Gasteiger partial charge on any atom is -0.271 e. The zero-order valence-electron chi connectivity index (χ0n) is 15.4. The van der Waals surface area contributed by atoms with Crippen LogP contribution in [0.1, 0.15) is 10.4 Å². The molecular weight excluding hydrogens is 430 g/mol. The lowest BCUT2D eigenvalue weighted by Gasteiger charge is -2.24. The number of thiophene rings is 1. The summed E-state index contributed by atoms with van der Waals surface area (Å²) in [4.78, 5) is 13.4. The van der Waals surface area contributed by atoms with Crippen molar-refractivity contribution in [1.82, 2.24) is 5.43 Å². The van der Waals surface area contributed by atoms with E-state index in [1.165, 1.54) is 29.7 Å². The van der Waals surface area contributed by atoms with Crippen LogP contribution >= 0.6 is 22.9 Å². The van der Waals surface area contributed by atoms with Gasteiger partial charge in [-0.05, 0) is 42.6 Å². The number of nitrogens with one attached hydrogen (secondary N) is 1. The van der Waals surface area contributed by atoms with Crippen molar-refractivity contribution >= 4 is 50.8 Å². The highest BCUT2D eigenvalue weighted by atomic mass is 35.5. The molecule has 0 bridgehead atoms. The maximum absolute atomic E-state index is 13.2. The van der Waals surface area contributed by atoms with Gasteiger partial charge >= 0.3 is 0 Å². The van der Waals surface area contributed by atoms with Gasteiger partial charge in [0.1, 0.15) is 6.54 Å². The number of rotatable bonds is 7. The van der Waals surface area contributed by atoms with Crippen LogP contribution in [0.15, 0.2) is 76.0 Å². The number of nitrogens with zero attached hydrogens (tertiary/aromatic N) is 2. The molecule has 0 atom stereocenters. The van der Waals surface area contributed by atoms with Crippen LogP contribution in [0.3, 0.4) is 0 Å². The summed E-state index contributed by atoms with van der Waals surface area (Å²) in [5.74, 6) is -0.589. The lowest BCUT2D eigenvalue weighted by molar-refractivity contribution is -0.119. The number of hydrogen-bond donors (Lipinski definition) is 1. The van der Waals surface area contributed by atoms with E-state index in [1.54, 1.807) is 36.4 Å². The number of para-hydroxylation sites is 1. The van der Waals surface area contributed by atoms with Crippen molar-refractivity contribution in [3.05, 3.63) is 81.5 Å². The van der Waals surface area contributed by atoms with Gasteiger partial charge in [-0.1, -0.05) is 47.5 Å². The first-order valence-electron chi connectivity index (χ1n) is 8.57. The summed E-state index contributed by atoms with van der Waals surface area (Å²) in [6.07, 6.45) is 1.50. The second kappa shape index (κ2) is 9.21. The van der Waals surface area contributed by atoms with Gasteiger partial charge in [-0.3, -0.25) is 9.10 Å². The van der Waals surface area contributed by atoms with E-state index < -0.39 is 22.5 Å². The molecule has 3 rings (SSSR count). The molecule has 29 heavy (non-hydrogen) atoms. The Hall–Kier alpha value is -2.68. The van der Waals surface area contributed by atoms with Crippen LogP contribution in [0.2, 0.25) is 5.02 Å². The second-order valence-corrected chi connectivity index (χ2v) is 9.33. The Bertz CT molecular complexity index is 1110. The Morgan fingerprint density at radius 3 is 2.52 bits per heavy atom. The summed E-state index contributed by atoms with van der Waals surface area (Å²) >= 11 is 7.69. The average Bonchev–Trinajstić information content (AvgIpc) is 3.20. The van der Waals surface area contributed by atoms with E-state index in [2.05, 4.69) is 10.5 Å². The fraction of sp³-hybridized carbons (Fsp3) is 0.100. The third-order valence-corrected chi connectivity index (χ3v) is 6.84. The molecule has 0 spiro atoms. The molecule has 0 radical (unpaired) electrons. The summed E-state index contributed by atoms with van der Waals surface area (Å²) in [7, 11) is -4.02. The van der Waals surface area contributed by atoms with Crippen molar-refractivity contribution in [1.29, 1.82) is 0 Å². The van der Waals surface area contributed by atoms with Crippen molar-refractivity contribution in [2.24, 2.45) is 5.10 Å². The molecule has 2 aromatic carbocycles. The number of amides is 1. The minimum absolute atomic E-state index is 0.0675. The van der Waals surface area contributed by atoms with Gasteiger partial charge in [0.2, 0.25) is 0 Å². The maximum atomic E-state index is 13.2. The van der Waals surface area contributed by atoms with Crippen molar-refractivity contribution < 1.29 is 13.2 Å². The van der Waals surface area contributed by atoms with Gasteiger partial charge in [0.05, 0.1) is 21.8 Å². The summed E-state index contributed by atoms with van der Waals surface area (Å²) in [5, 5.41) is 5.99. The zero-order chi connectivity index (χ0) is 20.9. The first-order valence-corrected chi connectivity index (χ1v) is 11.3. The van der Waals surface area contributed by atoms with Crippen LogP contribution in [0.4, 0.5) is 5.69 Å². The molecule has 0 fully saturated rings. The topological polar surface area (TPSA) is 78.8 Å². The highest BCUT2D eigenvalue weighted by Crippen LogP contribution is 2.30. The van der Waals surface area contributed by atoms with E-state index in [9.17, 15) is 13.2 Å². The van der Waals surface area contributed by atoms with Crippen LogP contribution in [0, 0.1) is 6.92 Å². The second-order valence-electron chi connectivity index (χ2n) is 6.08. The Morgan fingerprint density at radius 2 is 1.86 bits per heavy atom. The van der Waals surface area contributed by atoms with Crippen LogP contribution in [-0.2, 0) is 14.8 Å². The Morgan fingerprint density at radius 1 is 1.14 bits per heavy atom. The van der Waals surface area contributed by atoms with Gasteiger partial charge in [0, 0.05) is 4.88 Å². The zero-order valence-corrected chi connectivity index (χ0v) is 17.8. The average molecular weight is 448 g/mol. The third-order valence-electron chi connectivity index (χ3n) is 3.94. The lowest BCUT2D eigenvalue weighted by atomic mass is 10.2. The summed E-state index contributed by atoms with van der Waals surface area (Å²) in [6.45, 7) is 1.39. The maximum Gasteiger partial charge on any atom is 0.264 e. The highest BCUT2D eigenvalue weighted by molar-refractivity contribution is 7.92. The standard InChI is InChI=1S/C20H18ClN3O3S2/c1-15-8-10-17(11-9-15)29(26,27)24(19-7-3-2-6-18(19)21)14-20(25)23-22-13-16-5-4-12-28-16/h2-13H,14H2,1H3,(H,23,25)/b22-13-. The fourth-order valence-corrected chi connectivity index (χ4v) is 4.80. The van der Waals surface area contributed by atoms with E-state index >= 15 is 0 Å². The van der Waals surface area contributed by atoms with Gasteiger partial charge in [-0.25, -0.2) is 13.8 Å². The van der Waals surface area contributed by atoms with Gasteiger partial charge in [0.25, 0.3) is 15.9 Å². The predicted octanol–water partition coefficient (Wildman–Crippen LogP) is 4.06. The van der Waals surface area contributed by atoms with Crippen LogP contribution in [0.25, 0.3) is 0 Å². The fourth-order valence-electron chi connectivity index (χ4n) is 2.49. The predicted molar refractivity (Wildman–Crippen MR) is 117 cm³/mol. The molecule has 150 valence electrons. The number of hydrazone groups is 1. The van der Waals surface area contributed by atoms with Crippen molar-refractivity contribution in [3.8, 4) is 0 Å². The summed E-state index contributed by atoms with van der Waals surface area (Å²) in [6, 6.07) is 16.6. The minimum atomic E-state index is -4.02. The molecule has 6 nitrogen and oxygen atoms in total. The Labute approximate surface area is 178 Å². The molecule has 9 heteroatoms. The van der Waals surface area contributed by atoms with Crippen molar-refractivity contribution in [2.45, 2.75) is 11.8 Å². The molecule has 0 saturated heterocycles. The van der Waals surface area contributed by atoms with E-state index in [1.807, 2.05) is 24.4 Å². The number of benzene rings is 2. The molecule has 1 N–H and O–H groups in total. The molecule has 0 aliphatic heterocycles. The number of sulfonamides is 1. The van der Waals surface area contributed by atoms with Gasteiger partial charge in [-0.15, -0.1) is 11.3 Å². The highest BCUT2D eigenvalue weighted by Gasteiger charge is 2.28. The van der Waals surface area contributed by atoms with Crippen molar-refractivity contribution in [3.63, 3.8) is 0 Å². The molecule has 0 unspecified atom stereocenters. The molecule has 0 aliphatic carbocycles. The van der Waals surface area contributed by atoms with E-state index in [-0.39, 0.29) is 15.6 Å². The first-order chi connectivity index (χ1) is 13.9. The molecule has 1 heterocycles. The van der Waals surface area contributed by atoms with Crippen LogP contribution in [-0.4, -0.2) is 27.1 Å². The Kier molecular flexibility index (Phi) is 6.68. The molecule has 0 saturated carbocycles. The van der Waals surface area contributed by atoms with E-state index in [0.29, 0.717) is 0 Å². The first kappa shape index (κ1) is 21.0. The lowest BCUT2D eigenvalue weighted by Crippen LogP contribution is -2.39. The summed E-state index contributed by atoms with van der Waals surface area (Å²) < 4.78 is 27.5. The number of halogens is 1. The quantitative estimate of drug-likeness (QED) is 0.438. The number of anilines is 1. The molecule has 1 amide bonds. The normalized spacial score (nSPS) is 11.5.